The molecule has 1 aromatic heterocycles. The van der Waals surface area contributed by atoms with Crippen LogP contribution < -0.4 is 0 Å². The molecule has 1 N–H and O–H groups in total. The summed E-state index contributed by atoms with van der Waals surface area (Å²) in [4.78, 5) is 30.1. The Balaban J connectivity index is 2.08. The number of nitrogens with one attached hydrogen (secondary N) is 1. The molecule has 1 saturated heterocycles. The number of carbonyl (C=O) groups is 2. The Hall–Kier alpha value is -2.21. The molecule has 0 spiro atoms. The lowest BCUT2D eigenvalue weighted by molar-refractivity contribution is 0.0602. The number of hydrogen-bond acceptors (Lipinski definition) is 4. The highest BCUT2D eigenvalue weighted by Crippen LogP contribution is 2.45. The third-order valence-corrected chi connectivity index (χ3v) is 5.21. The average molecular weight is 316 g/mol. The van der Waals surface area contributed by atoms with Gasteiger partial charge in [-0.3, -0.25) is 9.69 Å². The Kier molecular flexibility index (Phi) is 2.90. The van der Waals surface area contributed by atoms with Crippen molar-refractivity contribution in [3.63, 3.8) is 0 Å². The molecule has 1 aromatic carbocycles. The van der Waals surface area contributed by atoms with Gasteiger partial charge in [-0.25, -0.2) is 9.18 Å². The third-order valence-electron chi connectivity index (χ3n) is 5.21. The monoisotopic (exact) mass is 316 g/mol. The lowest BCUT2D eigenvalue weighted by Crippen LogP contribution is -2.46. The number of nitrogens with zero attached hydrogens (tertiary/aromatic N) is 1. The van der Waals surface area contributed by atoms with Crippen molar-refractivity contribution in [2.45, 2.75) is 25.3 Å². The van der Waals surface area contributed by atoms with Crippen molar-refractivity contribution in [1.82, 2.24) is 9.88 Å². The highest BCUT2D eigenvalue weighted by atomic mass is 19.1. The summed E-state index contributed by atoms with van der Waals surface area (Å²) in [5.74, 6) is -1.21. The van der Waals surface area contributed by atoms with Crippen LogP contribution >= 0.6 is 0 Å². The Bertz CT molecular complexity index is 857. The zero-order valence-corrected chi connectivity index (χ0v) is 13.0. The lowest BCUT2D eigenvalue weighted by atomic mass is 9.85. The number of halogens is 1. The summed E-state index contributed by atoms with van der Waals surface area (Å²) in [6, 6.07) is 2.47. The highest BCUT2D eigenvalue weighted by molar-refractivity contribution is 6.17. The van der Waals surface area contributed by atoms with E-state index in [-0.39, 0.29) is 16.9 Å². The smallest absolute Gasteiger partial charge is 0.338 e. The number of aromatic nitrogens is 1. The third kappa shape index (κ3) is 1.81. The number of methoxy groups -OCH3 is 1. The maximum atomic E-state index is 13.9. The molecule has 0 bridgehead atoms. The molecule has 2 aliphatic heterocycles. The van der Waals surface area contributed by atoms with Gasteiger partial charge in [-0.15, -0.1) is 0 Å². The molecular weight excluding hydrogens is 299 g/mol. The van der Waals surface area contributed by atoms with E-state index in [0.29, 0.717) is 23.0 Å². The van der Waals surface area contributed by atoms with Crippen LogP contribution in [-0.4, -0.2) is 41.8 Å². The van der Waals surface area contributed by atoms with E-state index in [1.54, 1.807) is 0 Å². The maximum Gasteiger partial charge on any atom is 0.338 e. The summed E-state index contributed by atoms with van der Waals surface area (Å²) in [5.41, 5.74) is 1.60. The van der Waals surface area contributed by atoms with Gasteiger partial charge in [-0.05, 0) is 38.4 Å². The molecule has 0 aliphatic carbocycles. The lowest BCUT2D eigenvalue weighted by Gasteiger charge is -2.38. The molecule has 3 heterocycles. The van der Waals surface area contributed by atoms with Crippen LogP contribution in [0.5, 0.6) is 0 Å². The number of Topliss-reactive ketones (excluding diaryl/α,β-unsaturated/α-hetero) is 1. The largest absolute Gasteiger partial charge is 0.465 e. The summed E-state index contributed by atoms with van der Waals surface area (Å²) in [6.45, 7) is 3.29. The summed E-state index contributed by atoms with van der Waals surface area (Å²) < 4.78 is 18.7. The number of ketones is 1. The molecule has 6 heteroatoms. The van der Waals surface area contributed by atoms with Crippen LogP contribution in [0.3, 0.4) is 0 Å². The second-order valence-corrected chi connectivity index (χ2v) is 6.46. The van der Waals surface area contributed by atoms with Gasteiger partial charge in [0.1, 0.15) is 5.82 Å². The number of hydrogen-bond donors (Lipinski definition) is 1. The number of fused-ring (bicyclic) bond motifs is 5. The summed E-state index contributed by atoms with van der Waals surface area (Å²) in [5, 5.41) is 0.478. The average Bonchev–Trinajstić information content (AvgIpc) is 3.07. The van der Waals surface area contributed by atoms with Crippen molar-refractivity contribution in [3.05, 3.63) is 34.8 Å². The predicted molar refractivity (Wildman–Crippen MR) is 82.1 cm³/mol. The maximum absolute atomic E-state index is 13.9. The van der Waals surface area contributed by atoms with Crippen molar-refractivity contribution in [1.29, 1.82) is 0 Å². The van der Waals surface area contributed by atoms with Gasteiger partial charge in [0.15, 0.2) is 5.78 Å². The topological polar surface area (TPSA) is 62.4 Å². The van der Waals surface area contributed by atoms with Crippen LogP contribution in [-0.2, 0) is 10.3 Å². The number of H-pyrrole nitrogens is 1. The van der Waals surface area contributed by atoms with E-state index in [1.807, 2.05) is 0 Å². The summed E-state index contributed by atoms with van der Waals surface area (Å²) >= 11 is 0. The molecule has 0 unspecified atom stereocenters. The number of benzene rings is 1. The molecule has 2 aliphatic rings. The fourth-order valence-electron chi connectivity index (χ4n) is 4.06. The van der Waals surface area contributed by atoms with Gasteiger partial charge in [0, 0.05) is 11.1 Å². The van der Waals surface area contributed by atoms with Crippen LogP contribution in [0, 0.1) is 5.82 Å². The van der Waals surface area contributed by atoms with Crippen LogP contribution in [0.2, 0.25) is 0 Å². The zero-order valence-electron chi connectivity index (χ0n) is 13.0. The molecule has 120 valence electrons. The van der Waals surface area contributed by atoms with E-state index in [0.717, 1.165) is 31.1 Å². The fourth-order valence-corrected chi connectivity index (χ4v) is 4.06. The van der Waals surface area contributed by atoms with E-state index < -0.39 is 11.8 Å². The first-order valence-corrected chi connectivity index (χ1v) is 7.68. The first kappa shape index (κ1) is 14.4. The summed E-state index contributed by atoms with van der Waals surface area (Å²) in [6.07, 6.45) is 1.94. The number of rotatable bonds is 1. The fraction of sp³-hybridized carbons (Fsp3) is 0.412. The van der Waals surface area contributed by atoms with Gasteiger partial charge >= 0.3 is 5.97 Å². The molecule has 1 fully saturated rings. The number of esters is 1. The van der Waals surface area contributed by atoms with E-state index in [9.17, 15) is 14.0 Å². The Morgan fingerprint density at radius 3 is 2.96 bits per heavy atom. The Labute approximate surface area is 132 Å². The van der Waals surface area contributed by atoms with Gasteiger partial charge in [-0.1, -0.05) is 0 Å². The Morgan fingerprint density at radius 1 is 1.43 bits per heavy atom. The summed E-state index contributed by atoms with van der Waals surface area (Å²) in [7, 11) is 1.25. The number of carbonyl (C=O) groups excluding carboxylic acids is 2. The van der Waals surface area contributed by atoms with Gasteiger partial charge < -0.3 is 9.72 Å². The second kappa shape index (κ2) is 4.64. The number of aromatic amines is 1. The first-order chi connectivity index (χ1) is 11.0. The quantitative estimate of drug-likeness (QED) is 0.822. The van der Waals surface area contributed by atoms with Gasteiger partial charge in [0.2, 0.25) is 0 Å². The minimum atomic E-state index is -0.636. The number of ether oxygens (including phenoxy) is 1. The minimum Gasteiger partial charge on any atom is -0.465 e. The molecular formula is C17H17FN2O3. The molecule has 1 atom stereocenters. The highest BCUT2D eigenvalue weighted by Gasteiger charge is 2.47. The second-order valence-electron chi connectivity index (χ2n) is 6.46. The zero-order chi connectivity index (χ0) is 16.4. The Morgan fingerprint density at radius 2 is 2.22 bits per heavy atom. The van der Waals surface area contributed by atoms with Crippen molar-refractivity contribution >= 4 is 22.7 Å². The molecule has 0 amide bonds. The molecule has 0 saturated carbocycles. The van der Waals surface area contributed by atoms with Gasteiger partial charge in [-0.2, -0.15) is 0 Å². The minimum absolute atomic E-state index is 0.0395. The first-order valence-electron chi connectivity index (χ1n) is 7.68. The molecule has 5 nitrogen and oxygen atoms in total. The van der Waals surface area contributed by atoms with E-state index in [4.69, 9.17) is 4.74 Å². The predicted octanol–water partition coefficient (Wildman–Crippen LogP) is 2.60. The van der Waals surface area contributed by atoms with Gasteiger partial charge in [0.05, 0.1) is 35.8 Å². The van der Waals surface area contributed by atoms with E-state index in [1.165, 1.54) is 13.2 Å². The van der Waals surface area contributed by atoms with Crippen molar-refractivity contribution in [2.75, 3.05) is 20.2 Å². The molecule has 2 aromatic rings. The molecule has 4 rings (SSSR count). The van der Waals surface area contributed by atoms with E-state index >= 15 is 0 Å². The van der Waals surface area contributed by atoms with E-state index in [2.05, 4.69) is 16.8 Å². The van der Waals surface area contributed by atoms with Crippen LogP contribution in [0.1, 0.15) is 46.2 Å². The normalized spacial score (nSPS) is 23.9. The van der Waals surface area contributed by atoms with Crippen LogP contribution in [0.15, 0.2) is 12.1 Å². The van der Waals surface area contributed by atoms with Crippen molar-refractivity contribution in [2.24, 2.45) is 0 Å². The van der Waals surface area contributed by atoms with Crippen LogP contribution in [0.25, 0.3) is 10.9 Å². The van der Waals surface area contributed by atoms with Crippen molar-refractivity contribution in [3.8, 4) is 0 Å². The van der Waals surface area contributed by atoms with Gasteiger partial charge in [0.25, 0.3) is 0 Å². The SMILES string of the molecule is COC(=O)c1cc(F)cc2[nH]c3c(c12)C(=O)CN1CCC[C@]31C. The molecule has 23 heavy (non-hydrogen) atoms. The standard InChI is InChI=1S/C17H17FN2O3/c1-17-4-3-5-20(17)8-12(21)14-13-10(16(22)23-2)6-9(18)7-11(13)19-15(14)17/h6-7,19H,3-5,8H2,1-2H3/t17-/m1/s1. The van der Waals surface area contributed by atoms with Crippen molar-refractivity contribution < 1.29 is 18.7 Å². The van der Waals surface area contributed by atoms with Crippen LogP contribution in [0.4, 0.5) is 4.39 Å². The molecule has 0 radical (unpaired) electrons.